The van der Waals surface area contributed by atoms with E-state index < -0.39 is 17.8 Å². The van der Waals surface area contributed by atoms with Crippen LogP contribution in [-0.4, -0.2) is 62.0 Å². The molecule has 0 radical (unpaired) electrons. The summed E-state index contributed by atoms with van der Waals surface area (Å²) in [5.41, 5.74) is 0.847. The molecule has 1 saturated heterocycles. The molecule has 0 bridgehead atoms. The zero-order chi connectivity index (χ0) is 23.6. The summed E-state index contributed by atoms with van der Waals surface area (Å²) < 4.78 is 19.1. The van der Waals surface area contributed by atoms with Crippen molar-refractivity contribution in [2.45, 2.75) is 25.3 Å². The number of amides is 3. The van der Waals surface area contributed by atoms with Gasteiger partial charge in [0, 0.05) is 26.7 Å². The Bertz CT molecular complexity index is 946. The van der Waals surface area contributed by atoms with Gasteiger partial charge < -0.3 is 20.3 Å². The van der Waals surface area contributed by atoms with E-state index in [1.807, 2.05) is 30.3 Å². The number of hydrogen-bond donors (Lipinski definition) is 2. The summed E-state index contributed by atoms with van der Waals surface area (Å²) in [5, 5.41) is 5.49. The van der Waals surface area contributed by atoms with Crippen LogP contribution < -0.4 is 10.6 Å². The van der Waals surface area contributed by atoms with Crippen molar-refractivity contribution in [3.63, 3.8) is 0 Å². The van der Waals surface area contributed by atoms with Crippen LogP contribution in [0.15, 0.2) is 54.6 Å². The van der Waals surface area contributed by atoms with E-state index in [4.69, 9.17) is 4.74 Å². The van der Waals surface area contributed by atoms with Crippen molar-refractivity contribution >= 4 is 17.7 Å². The highest BCUT2D eigenvalue weighted by atomic mass is 19.1. The summed E-state index contributed by atoms with van der Waals surface area (Å²) in [6.07, 6.45) is 1.44. The Morgan fingerprint density at radius 2 is 1.73 bits per heavy atom. The zero-order valence-corrected chi connectivity index (χ0v) is 18.8. The second-order valence-corrected chi connectivity index (χ2v) is 8.10. The standard InChI is InChI=1S/C25H30FN3O4/c1-33-16-13-27-25(32)23(28-24(31)20-9-5-6-10-21(20)26)19-11-14-29(15-12-19)22(30)17-18-7-3-2-4-8-18/h2-10,19,23H,11-17H2,1H3,(H,27,32)(H,28,31)/t23-/m1/s1. The maximum atomic E-state index is 14.1. The van der Waals surface area contributed by atoms with E-state index in [2.05, 4.69) is 10.6 Å². The van der Waals surface area contributed by atoms with Gasteiger partial charge in [0.1, 0.15) is 11.9 Å². The van der Waals surface area contributed by atoms with Gasteiger partial charge >= 0.3 is 0 Å². The molecule has 2 aromatic carbocycles. The number of benzene rings is 2. The van der Waals surface area contributed by atoms with Crippen LogP contribution in [0.5, 0.6) is 0 Å². The Morgan fingerprint density at radius 1 is 1.06 bits per heavy atom. The van der Waals surface area contributed by atoms with Crippen molar-refractivity contribution in [2.75, 3.05) is 33.4 Å². The third kappa shape index (κ3) is 6.86. The maximum Gasteiger partial charge on any atom is 0.254 e. The maximum absolute atomic E-state index is 14.1. The summed E-state index contributed by atoms with van der Waals surface area (Å²) in [4.78, 5) is 40.0. The van der Waals surface area contributed by atoms with Crippen molar-refractivity contribution in [1.29, 1.82) is 0 Å². The molecule has 0 spiro atoms. The van der Waals surface area contributed by atoms with Gasteiger partial charge in [-0.05, 0) is 36.5 Å². The molecule has 176 valence electrons. The Labute approximate surface area is 193 Å². The summed E-state index contributed by atoms with van der Waals surface area (Å²) in [6, 6.07) is 14.4. The number of methoxy groups -OCH3 is 1. The predicted molar refractivity (Wildman–Crippen MR) is 122 cm³/mol. The van der Waals surface area contributed by atoms with Crippen molar-refractivity contribution in [3.8, 4) is 0 Å². The summed E-state index contributed by atoms with van der Waals surface area (Å²) in [7, 11) is 1.53. The second-order valence-electron chi connectivity index (χ2n) is 8.10. The third-order valence-corrected chi connectivity index (χ3v) is 5.85. The topological polar surface area (TPSA) is 87.7 Å². The van der Waals surface area contributed by atoms with E-state index in [9.17, 15) is 18.8 Å². The van der Waals surface area contributed by atoms with E-state index in [1.54, 1.807) is 11.0 Å². The smallest absolute Gasteiger partial charge is 0.254 e. The normalized spacial score (nSPS) is 15.0. The van der Waals surface area contributed by atoms with Crippen LogP contribution >= 0.6 is 0 Å². The Morgan fingerprint density at radius 3 is 2.39 bits per heavy atom. The lowest BCUT2D eigenvalue weighted by Crippen LogP contribution is -2.54. The fourth-order valence-corrected chi connectivity index (χ4v) is 4.01. The molecule has 1 fully saturated rings. The fourth-order valence-electron chi connectivity index (χ4n) is 4.01. The average Bonchev–Trinajstić information content (AvgIpc) is 2.83. The van der Waals surface area contributed by atoms with Crippen molar-refractivity contribution < 1.29 is 23.5 Å². The number of halogens is 1. The van der Waals surface area contributed by atoms with Gasteiger partial charge in [-0.1, -0.05) is 42.5 Å². The Kier molecular flexibility index (Phi) is 8.95. The molecule has 3 rings (SSSR count). The van der Waals surface area contributed by atoms with E-state index in [-0.39, 0.29) is 23.3 Å². The molecule has 0 aliphatic carbocycles. The minimum absolute atomic E-state index is 0.0381. The van der Waals surface area contributed by atoms with Gasteiger partial charge in [-0.2, -0.15) is 0 Å². The predicted octanol–water partition coefficient (Wildman–Crippen LogP) is 2.17. The van der Waals surface area contributed by atoms with E-state index in [1.165, 1.54) is 25.3 Å². The monoisotopic (exact) mass is 455 g/mol. The molecule has 1 aliphatic heterocycles. The van der Waals surface area contributed by atoms with Gasteiger partial charge in [0.2, 0.25) is 11.8 Å². The van der Waals surface area contributed by atoms with Crippen LogP contribution in [0.3, 0.4) is 0 Å². The number of carbonyl (C=O) groups is 3. The van der Waals surface area contributed by atoms with E-state index in [0.29, 0.717) is 45.5 Å². The first-order chi connectivity index (χ1) is 16.0. The lowest BCUT2D eigenvalue weighted by atomic mass is 9.88. The average molecular weight is 456 g/mol. The highest BCUT2D eigenvalue weighted by Crippen LogP contribution is 2.22. The highest BCUT2D eigenvalue weighted by molar-refractivity contribution is 5.97. The lowest BCUT2D eigenvalue weighted by Gasteiger charge is -2.36. The van der Waals surface area contributed by atoms with E-state index >= 15 is 0 Å². The number of ether oxygens (including phenoxy) is 1. The minimum atomic E-state index is -0.833. The molecule has 2 aromatic rings. The minimum Gasteiger partial charge on any atom is -0.383 e. The number of nitrogens with zero attached hydrogens (tertiary/aromatic N) is 1. The van der Waals surface area contributed by atoms with Crippen LogP contribution in [0, 0.1) is 11.7 Å². The Balaban J connectivity index is 1.64. The van der Waals surface area contributed by atoms with Crippen LogP contribution in [-0.2, 0) is 20.7 Å². The molecule has 7 nitrogen and oxygen atoms in total. The summed E-state index contributed by atoms with van der Waals surface area (Å²) in [6.45, 7) is 1.63. The van der Waals surface area contributed by atoms with Gasteiger partial charge in [-0.25, -0.2) is 4.39 Å². The molecule has 33 heavy (non-hydrogen) atoms. The SMILES string of the molecule is COCCNC(=O)[C@H](NC(=O)c1ccccc1F)C1CCN(C(=O)Cc2ccccc2)CC1. The number of rotatable bonds is 9. The van der Waals surface area contributed by atoms with Crippen LogP contribution in [0.4, 0.5) is 4.39 Å². The highest BCUT2D eigenvalue weighted by Gasteiger charge is 2.34. The molecule has 3 amide bonds. The molecule has 1 aliphatic rings. The summed E-state index contributed by atoms with van der Waals surface area (Å²) >= 11 is 0. The third-order valence-electron chi connectivity index (χ3n) is 5.85. The molecule has 2 N–H and O–H groups in total. The van der Waals surface area contributed by atoms with Gasteiger partial charge in [0.05, 0.1) is 18.6 Å². The Hall–Kier alpha value is -3.26. The number of likely N-dealkylation sites (tertiary alicyclic amines) is 1. The number of piperidine rings is 1. The van der Waals surface area contributed by atoms with Crippen LogP contribution in [0.2, 0.25) is 0 Å². The van der Waals surface area contributed by atoms with Gasteiger partial charge in [0.15, 0.2) is 0 Å². The van der Waals surface area contributed by atoms with Crippen molar-refractivity contribution in [1.82, 2.24) is 15.5 Å². The fraction of sp³-hybridized carbons (Fsp3) is 0.400. The number of hydrogen-bond acceptors (Lipinski definition) is 4. The second kappa shape index (κ2) is 12.1. The molecule has 8 heteroatoms. The molecule has 1 atom stereocenters. The number of carbonyl (C=O) groups excluding carboxylic acids is 3. The molecular formula is C25H30FN3O4. The van der Waals surface area contributed by atoms with Gasteiger partial charge in [-0.15, -0.1) is 0 Å². The number of nitrogens with one attached hydrogen (secondary N) is 2. The largest absolute Gasteiger partial charge is 0.383 e. The molecule has 1 heterocycles. The molecule has 0 saturated carbocycles. The molecular weight excluding hydrogens is 425 g/mol. The van der Waals surface area contributed by atoms with Gasteiger partial charge in [-0.3, -0.25) is 14.4 Å². The lowest BCUT2D eigenvalue weighted by molar-refractivity contribution is -0.132. The first kappa shape index (κ1) is 24.4. The zero-order valence-electron chi connectivity index (χ0n) is 18.8. The van der Waals surface area contributed by atoms with E-state index in [0.717, 1.165) is 5.56 Å². The van der Waals surface area contributed by atoms with Crippen LogP contribution in [0.25, 0.3) is 0 Å². The van der Waals surface area contributed by atoms with Gasteiger partial charge in [0.25, 0.3) is 5.91 Å². The first-order valence-corrected chi connectivity index (χ1v) is 11.1. The van der Waals surface area contributed by atoms with Crippen molar-refractivity contribution in [2.24, 2.45) is 5.92 Å². The summed E-state index contributed by atoms with van der Waals surface area (Å²) in [5.74, 6) is -1.76. The van der Waals surface area contributed by atoms with Crippen molar-refractivity contribution in [3.05, 3.63) is 71.5 Å². The molecule has 0 unspecified atom stereocenters. The molecule has 0 aromatic heterocycles. The van der Waals surface area contributed by atoms with Crippen LogP contribution in [0.1, 0.15) is 28.8 Å². The quantitative estimate of drug-likeness (QED) is 0.568. The first-order valence-electron chi connectivity index (χ1n) is 11.1.